The fourth-order valence-corrected chi connectivity index (χ4v) is 1.51. The molecule has 0 amide bonds. The number of benzene rings is 1. The summed E-state index contributed by atoms with van der Waals surface area (Å²) in [6, 6.07) is 7.91. The minimum absolute atomic E-state index is 0.165. The van der Waals surface area contributed by atoms with Crippen molar-refractivity contribution >= 4 is 0 Å². The number of aryl methyl sites for hydroxylation is 1. The zero-order valence-corrected chi connectivity index (χ0v) is 9.46. The molecule has 1 N–H and O–H groups in total. The second-order valence-electron chi connectivity index (χ2n) is 3.95. The van der Waals surface area contributed by atoms with Crippen LogP contribution < -0.4 is 0 Å². The third-order valence-electron chi connectivity index (χ3n) is 2.57. The summed E-state index contributed by atoms with van der Waals surface area (Å²) < 4.78 is 0. The maximum absolute atomic E-state index is 9.05. The van der Waals surface area contributed by atoms with Crippen molar-refractivity contribution in [1.29, 1.82) is 0 Å². The van der Waals surface area contributed by atoms with Crippen LogP contribution in [0.1, 0.15) is 24.1 Å². The van der Waals surface area contributed by atoms with Crippen LogP contribution in [0.5, 0.6) is 0 Å². The second kappa shape index (κ2) is 4.45. The minimum Gasteiger partial charge on any atom is -0.396 e. The van der Waals surface area contributed by atoms with Gasteiger partial charge < -0.3 is 5.11 Å². The number of hydrogen-bond donors (Lipinski definition) is 1. The van der Waals surface area contributed by atoms with Crippen LogP contribution in [0.25, 0.3) is 5.69 Å². The Morgan fingerprint density at radius 1 is 1.31 bits per heavy atom. The van der Waals surface area contributed by atoms with Gasteiger partial charge in [0, 0.05) is 12.5 Å². The summed E-state index contributed by atoms with van der Waals surface area (Å²) in [5.41, 5.74) is 2.95. The summed E-state index contributed by atoms with van der Waals surface area (Å²) in [7, 11) is 0. The molecule has 2 rings (SSSR count). The van der Waals surface area contributed by atoms with Crippen molar-refractivity contribution in [2.45, 2.75) is 19.8 Å². The molecule has 1 unspecified atom stereocenters. The van der Waals surface area contributed by atoms with E-state index in [4.69, 9.17) is 5.11 Å². The van der Waals surface area contributed by atoms with Crippen LogP contribution in [0.2, 0.25) is 0 Å². The maximum atomic E-state index is 9.05. The van der Waals surface area contributed by atoms with Crippen molar-refractivity contribution in [3.8, 4) is 5.69 Å². The fourth-order valence-electron chi connectivity index (χ4n) is 1.51. The summed E-state index contributed by atoms with van der Waals surface area (Å²) in [5, 5.41) is 17.4. The zero-order chi connectivity index (χ0) is 11.5. The Balaban J connectivity index is 2.25. The van der Waals surface area contributed by atoms with E-state index in [1.54, 1.807) is 11.0 Å². The van der Waals surface area contributed by atoms with Crippen LogP contribution >= 0.6 is 0 Å². The second-order valence-corrected chi connectivity index (χ2v) is 3.95. The molecular weight excluding hydrogens is 202 g/mol. The van der Waals surface area contributed by atoms with E-state index in [2.05, 4.69) is 10.2 Å². The Morgan fingerprint density at radius 2 is 2.00 bits per heavy atom. The molecule has 0 aliphatic heterocycles. The zero-order valence-electron chi connectivity index (χ0n) is 9.46. The van der Waals surface area contributed by atoms with Crippen molar-refractivity contribution in [3.63, 3.8) is 0 Å². The van der Waals surface area contributed by atoms with Gasteiger partial charge in [0.2, 0.25) is 0 Å². The van der Waals surface area contributed by atoms with Crippen LogP contribution in [0.3, 0.4) is 0 Å². The first-order valence-corrected chi connectivity index (χ1v) is 5.31. The highest BCUT2D eigenvalue weighted by Crippen LogP contribution is 2.16. The van der Waals surface area contributed by atoms with E-state index in [1.165, 1.54) is 0 Å². The molecule has 0 saturated carbocycles. The largest absolute Gasteiger partial charge is 0.396 e. The highest BCUT2D eigenvalue weighted by Gasteiger charge is 2.04. The Labute approximate surface area is 94.5 Å². The normalized spacial score (nSPS) is 12.7. The number of aromatic nitrogens is 3. The molecule has 84 valence electrons. The molecule has 1 aromatic carbocycles. The van der Waals surface area contributed by atoms with Crippen LogP contribution in [-0.4, -0.2) is 26.7 Å². The summed E-state index contributed by atoms with van der Waals surface area (Å²) in [6.07, 6.45) is 1.73. The van der Waals surface area contributed by atoms with Crippen LogP contribution in [0, 0.1) is 6.92 Å². The van der Waals surface area contributed by atoms with E-state index < -0.39 is 0 Å². The van der Waals surface area contributed by atoms with Gasteiger partial charge in [-0.05, 0) is 24.6 Å². The highest BCUT2D eigenvalue weighted by atomic mass is 16.3. The predicted octanol–water partition coefficient (Wildman–Crippen LogP) is 1.67. The van der Waals surface area contributed by atoms with Crippen molar-refractivity contribution in [3.05, 3.63) is 41.7 Å². The van der Waals surface area contributed by atoms with E-state index in [1.807, 2.05) is 38.1 Å². The number of hydrogen-bond acceptors (Lipinski definition) is 3. The average Bonchev–Trinajstić information content (AvgIpc) is 2.75. The SMILES string of the molecule is Cc1cnn(-c2ccc(C(C)CO)cc2)n1. The van der Waals surface area contributed by atoms with Crippen molar-refractivity contribution in [2.75, 3.05) is 6.61 Å². The van der Waals surface area contributed by atoms with Gasteiger partial charge in [0.05, 0.1) is 17.6 Å². The molecule has 0 aliphatic carbocycles. The number of aliphatic hydroxyl groups is 1. The van der Waals surface area contributed by atoms with Crippen LogP contribution in [-0.2, 0) is 0 Å². The molecule has 0 saturated heterocycles. The van der Waals surface area contributed by atoms with Gasteiger partial charge in [0.1, 0.15) is 0 Å². The van der Waals surface area contributed by atoms with Gasteiger partial charge >= 0.3 is 0 Å². The molecule has 1 aromatic heterocycles. The van der Waals surface area contributed by atoms with Crippen LogP contribution in [0.4, 0.5) is 0 Å². The fraction of sp³-hybridized carbons (Fsp3) is 0.333. The number of nitrogens with zero attached hydrogens (tertiary/aromatic N) is 3. The van der Waals surface area contributed by atoms with E-state index >= 15 is 0 Å². The predicted molar refractivity (Wildman–Crippen MR) is 61.6 cm³/mol. The topological polar surface area (TPSA) is 50.9 Å². The monoisotopic (exact) mass is 217 g/mol. The smallest absolute Gasteiger partial charge is 0.0856 e. The molecular formula is C12H15N3O. The molecule has 0 fully saturated rings. The first-order chi connectivity index (χ1) is 7.70. The van der Waals surface area contributed by atoms with Gasteiger partial charge in [-0.25, -0.2) is 0 Å². The first-order valence-electron chi connectivity index (χ1n) is 5.31. The van der Waals surface area contributed by atoms with Gasteiger partial charge in [-0.2, -0.15) is 15.0 Å². The van der Waals surface area contributed by atoms with E-state index in [9.17, 15) is 0 Å². The lowest BCUT2D eigenvalue weighted by Gasteiger charge is -2.08. The Morgan fingerprint density at radius 3 is 2.50 bits per heavy atom. The molecule has 2 aromatic rings. The van der Waals surface area contributed by atoms with Gasteiger partial charge in [-0.15, -0.1) is 0 Å². The molecule has 0 aliphatic rings. The summed E-state index contributed by atoms with van der Waals surface area (Å²) in [4.78, 5) is 1.60. The third-order valence-corrected chi connectivity index (χ3v) is 2.57. The van der Waals surface area contributed by atoms with E-state index in [0.717, 1.165) is 16.9 Å². The number of rotatable bonds is 3. The van der Waals surface area contributed by atoms with Gasteiger partial charge in [-0.1, -0.05) is 19.1 Å². The molecule has 4 heteroatoms. The molecule has 1 heterocycles. The molecule has 4 nitrogen and oxygen atoms in total. The van der Waals surface area contributed by atoms with E-state index in [0.29, 0.717) is 0 Å². The summed E-state index contributed by atoms with van der Waals surface area (Å²) >= 11 is 0. The van der Waals surface area contributed by atoms with Gasteiger partial charge in [0.15, 0.2) is 0 Å². The van der Waals surface area contributed by atoms with Crippen molar-refractivity contribution < 1.29 is 5.11 Å². The summed E-state index contributed by atoms with van der Waals surface area (Å²) in [6.45, 7) is 4.06. The maximum Gasteiger partial charge on any atom is 0.0856 e. The Kier molecular flexibility index (Phi) is 3.01. The Hall–Kier alpha value is -1.68. The first kappa shape index (κ1) is 10.8. The lowest BCUT2D eigenvalue weighted by molar-refractivity contribution is 0.273. The van der Waals surface area contributed by atoms with Gasteiger partial charge in [-0.3, -0.25) is 0 Å². The molecule has 0 spiro atoms. The minimum atomic E-state index is 0.165. The molecule has 0 bridgehead atoms. The highest BCUT2D eigenvalue weighted by molar-refractivity contribution is 5.34. The third kappa shape index (κ3) is 2.12. The summed E-state index contributed by atoms with van der Waals surface area (Å²) in [5.74, 6) is 0.168. The quantitative estimate of drug-likeness (QED) is 0.850. The average molecular weight is 217 g/mol. The lowest BCUT2D eigenvalue weighted by Crippen LogP contribution is -2.01. The van der Waals surface area contributed by atoms with Crippen molar-refractivity contribution in [2.24, 2.45) is 0 Å². The van der Waals surface area contributed by atoms with Crippen LogP contribution in [0.15, 0.2) is 30.5 Å². The number of aliphatic hydroxyl groups excluding tert-OH is 1. The van der Waals surface area contributed by atoms with Gasteiger partial charge in [0.25, 0.3) is 0 Å². The lowest BCUT2D eigenvalue weighted by atomic mass is 10.0. The van der Waals surface area contributed by atoms with E-state index in [-0.39, 0.29) is 12.5 Å². The standard InChI is InChI=1S/C12H15N3O/c1-9(8-16)11-3-5-12(6-4-11)15-13-7-10(2)14-15/h3-7,9,16H,8H2,1-2H3. The van der Waals surface area contributed by atoms with Crippen molar-refractivity contribution in [1.82, 2.24) is 15.0 Å². The molecule has 16 heavy (non-hydrogen) atoms. The molecule has 1 atom stereocenters. The Bertz CT molecular complexity index is 461. The molecule has 0 radical (unpaired) electrons.